The normalized spacial score (nSPS) is 20.9. The third-order valence-electron chi connectivity index (χ3n) is 6.08. The van der Waals surface area contributed by atoms with Crippen molar-refractivity contribution in [2.45, 2.75) is 24.8 Å². The van der Waals surface area contributed by atoms with Gasteiger partial charge in [0, 0.05) is 31.3 Å². The zero-order valence-electron chi connectivity index (χ0n) is 17.4. The van der Waals surface area contributed by atoms with E-state index in [0.717, 1.165) is 12.8 Å². The minimum absolute atomic E-state index is 0.103. The van der Waals surface area contributed by atoms with E-state index in [0.29, 0.717) is 41.3 Å². The van der Waals surface area contributed by atoms with Crippen LogP contribution in [0.4, 0.5) is 4.39 Å². The summed E-state index contributed by atoms with van der Waals surface area (Å²) < 4.78 is 25.6. The molecule has 0 N–H and O–H groups in total. The van der Waals surface area contributed by atoms with Crippen molar-refractivity contribution in [3.63, 3.8) is 0 Å². The number of fused-ring (bicyclic) bond motifs is 1. The molecule has 0 aromatic heterocycles. The maximum Gasteiger partial charge on any atom is 0.254 e. The Morgan fingerprint density at radius 2 is 1.67 bits per heavy atom. The molecule has 2 atom stereocenters. The average Bonchev–Trinajstić information content (AvgIpc) is 3.30. The van der Waals surface area contributed by atoms with Gasteiger partial charge in [-0.25, -0.2) is 4.39 Å². The van der Waals surface area contributed by atoms with E-state index in [9.17, 15) is 14.0 Å². The van der Waals surface area contributed by atoms with Gasteiger partial charge in [-0.05, 0) is 36.6 Å². The molecule has 0 saturated carbocycles. The monoisotopic (exact) mass is 412 g/mol. The number of halogens is 1. The van der Waals surface area contributed by atoms with Crippen LogP contribution < -0.4 is 9.47 Å². The number of hydrogen-bond donors (Lipinski definition) is 0. The van der Waals surface area contributed by atoms with E-state index in [1.54, 1.807) is 37.4 Å². The first kappa shape index (κ1) is 20.2. The molecule has 0 spiro atoms. The van der Waals surface area contributed by atoms with Crippen molar-refractivity contribution in [1.29, 1.82) is 0 Å². The Labute approximate surface area is 175 Å². The maximum absolute atomic E-state index is 14.8. The lowest BCUT2D eigenvalue weighted by atomic mass is 9.78. The number of methoxy groups -OCH3 is 2. The molecule has 0 radical (unpaired) electrons. The minimum atomic E-state index is -0.752. The number of likely N-dealkylation sites (tertiary alicyclic amines) is 1. The van der Waals surface area contributed by atoms with Crippen molar-refractivity contribution in [3.05, 3.63) is 58.9 Å². The number of carbonyl (C=O) groups excluding carboxylic acids is 2. The molecule has 2 amide bonds. The summed E-state index contributed by atoms with van der Waals surface area (Å²) in [5, 5.41) is 0. The van der Waals surface area contributed by atoms with Crippen molar-refractivity contribution in [3.8, 4) is 11.5 Å². The summed E-state index contributed by atoms with van der Waals surface area (Å²) in [6, 6.07) is 8.85. The quantitative estimate of drug-likeness (QED) is 0.773. The first-order chi connectivity index (χ1) is 14.5. The van der Waals surface area contributed by atoms with Gasteiger partial charge >= 0.3 is 0 Å². The molecule has 2 aromatic carbocycles. The number of hydrogen-bond acceptors (Lipinski definition) is 4. The molecule has 7 heteroatoms. The van der Waals surface area contributed by atoms with Gasteiger partial charge in [0.1, 0.15) is 5.82 Å². The number of benzene rings is 2. The molecule has 2 aromatic rings. The number of rotatable bonds is 4. The Morgan fingerprint density at radius 3 is 2.30 bits per heavy atom. The van der Waals surface area contributed by atoms with Crippen LogP contribution in [0.15, 0.2) is 36.4 Å². The molecule has 30 heavy (non-hydrogen) atoms. The smallest absolute Gasteiger partial charge is 0.254 e. The first-order valence-corrected chi connectivity index (χ1v) is 10.0. The third kappa shape index (κ3) is 3.18. The molecule has 1 fully saturated rings. The van der Waals surface area contributed by atoms with E-state index in [-0.39, 0.29) is 11.8 Å². The molecular formula is C23H25FN2O4. The zero-order valence-corrected chi connectivity index (χ0v) is 17.4. The molecule has 2 aliphatic heterocycles. The summed E-state index contributed by atoms with van der Waals surface area (Å²) in [6.45, 7) is 1.33. The number of likely N-dealkylation sites (N-methyl/N-ethyl adjacent to an activating group) is 1. The van der Waals surface area contributed by atoms with Crippen molar-refractivity contribution in [2.24, 2.45) is 0 Å². The second-order valence-electron chi connectivity index (χ2n) is 7.69. The Balaban J connectivity index is 1.94. The number of amides is 2. The van der Waals surface area contributed by atoms with E-state index >= 15 is 0 Å². The van der Waals surface area contributed by atoms with Crippen LogP contribution in [0.2, 0.25) is 0 Å². The predicted molar refractivity (Wildman–Crippen MR) is 109 cm³/mol. The lowest BCUT2D eigenvalue weighted by Gasteiger charge is -2.41. The van der Waals surface area contributed by atoms with E-state index < -0.39 is 17.8 Å². The van der Waals surface area contributed by atoms with Gasteiger partial charge in [-0.15, -0.1) is 0 Å². The summed E-state index contributed by atoms with van der Waals surface area (Å²) >= 11 is 0. The number of ether oxygens (including phenoxy) is 2. The van der Waals surface area contributed by atoms with Gasteiger partial charge in [0.15, 0.2) is 11.5 Å². The molecule has 0 bridgehead atoms. The summed E-state index contributed by atoms with van der Waals surface area (Å²) in [7, 11) is 4.62. The van der Waals surface area contributed by atoms with Gasteiger partial charge in [0.05, 0.1) is 26.2 Å². The van der Waals surface area contributed by atoms with Gasteiger partial charge in [0.2, 0.25) is 5.91 Å². The van der Waals surface area contributed by atoms with Crippen LogP contribution in [-0.4, -0.2) is 56.0 Å². The molecule has 0 unspecified atom stereocenters. The first-order valence-electron chi connectivity index (χ1n) is 10.0. The maximum atomic E-state index is 14.8. The summed E-state index contributed by atoms with van der Waals surface area (Å²) in [4.78, 5) is 30.2. The van der Waals surface area contributed by atoms with Crippen LogP contribution in [0.1, 0.15) is 46.3 Å². The van der Waals surface area contributed by atoms with Crippen LogP contribution in [0, 0.1) is 5.82 Å². The fraction of sp³-hybridized carbons (Fsp3) is 0.391. The highest BCUT2D eigenvalue weighted by Gasteiger charge is 2.46. The molecule has 158 valence electrons. The molecule has 1 saturated heterocycles. The van der Waals surface area contributed by atoms with Crippen LogP contribution in [-0.2, 0) is 4.79 Å². The van der Waals surface area contributed by atoms with E-state index in [1.807, 2.05) is 4.90 Å². The predicted octanol–water partition coefficient (Wildman–Crippen LogP) is 3.38. The van der Waals surface area contributed by atoms with Gasteiger partial charge in [-0.3, -0.25) is 9.59 Å². The highest BCUT2D eigenvalue weighted by molar-refractivity contribution is 6.02. The van der Waals surface area contributed by atoms with Gasteiger partial charge < -0.3 is 19.3 Å². The second-order valence-corrected chi connectivity index (χ2v) is 7.69. The highest BCUT2D eigenvalue weighted by Crippen LogP contribution is 2.47. The Hall–Kier alpha value is -3.09. The Kier molecular flexibility index (Phi) is 5.37. The molecule has 2 heterocycles. The fourth-order valence-corrected chi connectivity index (χ4v) is 4.55. The Morgan fingerprint density at radius 1 is 1.03 bits per heavy atom. The van der Waals surface area contributed by atoms with Gasteiger partial charge in [-0.1, -0.05) is 18.2 Å². The van der Waals surface area contributed by atoms with E-state index in [2.05, 4.69) is 0 Å². The molecule has 6 nitrogen and oxygen atoms in total. The molecular weight excluding hydrogens is 387 g/mol. The summed E-state index contributed by atoms with van der Waals surface area (Å²) in [5.74, 6) is -0.726. The number of carbonyl (C=O) groups is 2. The van der Waals surface area contributed by atoms with Crippen molar-refractivity contribution in [2.75, 3.05) is 34.4 Å². The molecule has 0 aliphatic carbocycles. The van der Waals surface area contributed by atoms with Gasteiger partial charge in [0.25, 0.3) is 5.91 Å². The topological polar surface area (TPSA) is 59.1 Å². The van der Waals surface area contributed by atoms with Crippen LogP contribution >= 0.6 is 0 Å². The highest BCUT2D eigenvalue weighted by atomic mass is 19.1. The van der Waals surface area contributed by atoms with Crippen LogP contribution in [0.25, 0.3) is 0 Å². The summed E-state index contributed by atoms with van der Waals surface area (Å²) in [5.41, 5.74) is 1.24. The minimum Gasteiger partial charge on any atom is -0.493 e. The fourth-order valence-electron chi connectivity index (χ4n) is 4.55. The molecule has 4 rings (SSSR count). The van der Waals surface area contributed by atoms with E-state index in [4.69, 9.17) is 9.47 Å². The number of nitrogens with zero attached hydrogens (tertiary/aromatic N) is 2. The van der Waals surface area contributed by atoms with Crippen molar-refractivity contribution < 1.29 is 23.5 Å². The van der Waals surface area contributed by atoms with Crippen LogP contribution in [0.5, 0.6) is 11.5 Å². The lowest BCUT2D eigenvalue weighted by Crippen LogP contribution is -2.46. The second kappa shape index (κ2) is 7.97. The zero-order chi connectivity index (χ0) is 21.4. The molecule has 2 aliphatic rings. The largest absolute Gasteiger partial charge is 0.493 e. The van der Waals surface area contributed by atoms with E-state index in [1.165, 1.54) is 25.2 Å². The lowest BCUT2D eigenvalue weighted by molar-refractivity contribution is -0.133. The SMILES string of the molecule is COc1cc2c(cc1OC)[C@H](C(=O)N1CCCC1)[C@H](c1ccccc1F)N(C)C2=O. The Bertz CT molecular complexity index is 987. The van der Waals surface area contributed by atoms with Gasteiger partial charge in [-0.2, -0.15) is 0 Å². The average molecular weight is 412 g/mol. The summed E-state index contributed by atoms with van der Waals surface area (Å²) in [6.07, 6.45) is 1.88. The third-order valence-corrected chi connectivity index (χ3v) is 6.08. The van der Waals surface area contributed by atoms with Crippen molar-refractivity contribution in [1.82, 2.24) is 9.80 Å². The van der Waals surface area contributed by atoms with Crippen molar-refractivity contribution >= 4 is 11.8 Å². The van der Waals surface area contributed by atoms with Crippen LogP contribution in [0.3, 0.4) is 0 Å². The standard InChI is InChI=1S/C23H25FN2O4/c1-25-21(14-8-4-5-9-17(14)24)20(23(28)26-10-6-7-11-26)15-12-18(29-2)19(30-3)13-16(15)22(25)27/h4-5,8-9,12-13,20-21H,6-7,10-11H2,1-3H3/t20-,21-/m0/s1.